The molecule has 1 aromatic heterocycles. The van der Waals surface area contributed by atoms with Crippen LogP contribution in [0.4, 0.5) is 11.4 Å². The van der Waals surface area contributed by atoms with Gasteiger partial charge in [-0.2, -0.15) is 0 Å². The summed E-state index contributed by atoms with van der Waals surface area (Å²) in [7, 11) is 1.70. The maximum absolute atomic E-state index is 10.3. The minimum Gasteiger partial charge on any atom is -0.466 e. The first-order valence-corrected chi connectivity index (χ1v) is 16.4. The molecule has 0 N–H and O–H groups in total. The molecule has 0 spiro atoms. The van der Waals surface area contributed by atoms with Crippen LogP contribution in [-0.2, 0) is 11.2 Å². The predicted octanol–water partition coefficient (Wildman–Crippen LogP) is 12.3. The number of methoxy groups -OCH3 is 1. The second-order valence-corrected chi connectivity index (χ2v) is 12.9. The van der Waals surface area contributed by atoms with Gasteiger partial charge in [0, 0.05) is 37.3 Å². The van der Waals surface area contributed by atoms with Crippen LogP contribution in [0.2, 0.25) is 0 Å². The molecule has 0 amide bonds. The summed E-state index contributed by atoms with van der Waals surface area (Å²) >= 11 is 0. The second kappa shape index (κ2) is 27.8. The molecule has 0 saturated heterocycles. The third-order valence-electron chi connectivity index (χ3n) is 5.36. The Bertz CT molecular complexity index is 1150. The summed E-state index contributed by atoms with van der Waals surface area (Å²) in [6.45, 7) is 29.3. The monoisotopic (exact) mass is 644 g/mol. The lowest BCUT2D eigenvalue weighted by molar-refractivity contribution is -0.385. The molecule has 0 unspecified atom stereocenters. The minimum absolute atomic E-state index is 0.152. The van der Waals surface area contributed by atoms with E-state index < -0.39 is 0 Å². The third kappa shape index (κ3) is 28.0. The van der Waals surface area contributed by atoms with E-state index in [0.717, 1.165) is 35.0 Å². The fourth-order valence-corrected chi connectivity index (χ4v) is 2.97. The number of rotatable bonds is 7. The first kappa shape index (κ1) is 46.9. The highest BCUT2D eigenvalue weighted by molar-refractivity contribution is 5.34. The molecule has 46 heavy (non-hydrogen) atoms. The van der Waals surface area contributed by atoms with Crippen LogP contribution in [-0.4, -0.2) is 23.1 Å². The summed E-state index contributed by atoms with van der Waals surface area (Å²) < 4.78 is 10.1. The molecule has 8 nitrogen and oxygen atoms in total. The van der Waals surface area contributed by atoms with E-state index in [9.17, 15) is 20.2 Å². The van der Waals surface area contributed by atoms with Crippen LogP contribution in [0.25, 0.3) is 0 Å². The van der Waals surface area contributed by atoms with Crippen LogP contribution in [0.15, 0.2) is 65.1 Å². The number of nitro groups is 2. The fourth-order valence-electron chi connectivity index (χ4n) is 2.97. The van der Waals surface area contributed by atoms with Gasteiger partial charge in [-0.1, -0.05) is 107 Å². The summed E-state index contributed by atoms with van der Waals surface area (Å²) in [5.41, 5.74) is 2.59. The van der Waals surface area contributed by atoms with E-state index in [0.29, 0.717) is 23.9 Å². The first-order chi connectivity index (χ1) is 21.3. The highest BCUT2D eigenvalue weighted by atomic mass is 16.6. The molecule has 8 heteroatoms. The smallest absolute Gasteiger partial charge is 0.269 e. The lowest BCUT2D eigenvalue weighted by Crippen LogP contribution is -1.94. The van der Waals surface area contributed by atoms with Gasteiger partial charge in [-0.05, 0) is 68.2 Å². The molecule has 262 valence electrons. The van der Waals surface area contributed by atoms with E-state index in [1.807, 2.05) is 45.0 Å². The van der Waals surface area contributed by atoms with Crippen molar-refractivity contribution < 1.29 is 19.0 Å². The van der Waals surface area contributed by atoms with Crippen LogP contribution in [0.5, 0.6) is 0 Å². The lowest BCUT2D eigenvalue weighted by Gasteiger charge is -2.03. The minimum atomic E-state index is -0.385. The highest BCUT2D eigenvalue weighted by Crippen LogP contribution is 2.18. The molecule has 0 aliphatic rings. The molecule has 0 fully saturated rings. The molecule has 0 aliphatic heterocycles. The van der Waals surface area contributed by atoms with Crippen LogP contribution in [0, 0.1) is 39.0 Å². The molecule has 0 atom stereocenters. The SMILES string of the molecule is CC(C)C.CC(C)Cc1ccc([N+](=O)[O-])cc1.CC(C)c1ccc([N+](=O)[O-])cc1.CCC.COC(C)C.Cc1ccc(C(C)C)o1. The van der Waals surface area contributed by atoms with E-state index in [-0.39, 0.29) is 21.2 Å². The Balaban J connectivity index is -0.000000518. The average Bonchev–Trinajstić information content (AvgIpc) is 3.41. The zero-order chi connectivity index (χ0) is 36.4. The second-order valence-electron chi connectivity index (χ2n) is 12.9. The Labute approximate surface area is 280 Å². The van der Waals surface area contributed by atoms with Crippen LogP contribution in [0.3, 0.4) is 0 Å². The number of nitrogens with zero attached hydrogens (tertiary/aromatic N) is 2. The maximum Gasteiger partial charge on any atom is 0.269 e. The van der Waals surface area contributed by atoms with E-state index in [1.165, 1.54) is 18.6 Å². The first-order valence-electron chi connectivity index (χ1n) is 16.4. The zero-order valence-electron chi connectivity index (χ0n) is 31.4. The third-order valence-corrected chi connectivity index (χ3v) is 5.36. The van der Waals surface area contributed by atoms with Crippen molar-refractivity contribution in [1.29, 1.82) is 0 Å². The number of non-ortho nitro benzene ring substituents is 2. The van der Waals surface area contributed by atoms with Gasteiger partial charge in [0.2, 0.25) is 0 Å². The summed E-state index contributed by atoms with van der Waals surface area (Å²) in [6.07, 6.45) is 2.60. The topological polar surface area (TPSA) is 109 Å². The van der Waals surface area contributed by atoms with Crippen molar-refractivity contribution in [3.63, 3.8) is 0 Å². The van der Waals surface area contributed by atoms with Crippen LogP contribution in [0.1, 0.15) is 131 Å². The summed E-state index contributed by atoms with van der Waals surface area (Å²) in [4.78, 5) is 19.9. The summed E-state index contributed by atoms with van der Waals surface area (Å²) in [6, 6.07) is 17.4. The van der Waals surface area contributed by atoms with Gasteiger partial charge in [0.05, 0.1) is 16.0 Å². The molecule has 0 radical (unpaired) electrons. The Morgan fingerprint density at radius 1 is 0.674 bits per heavy atom. The number of benzene rings is 2. The molecular weight excluding hydrogens is 580 g/mol. The highest BCUT2D eigenvalue weighted by Gasteiger charge is 2.06. The van der Waals surface area contributed by atoms with E-state index in [2.05, 4.69) is 76.2 Å². The van der Waals surface area contributed by atoms with Crippen molar-refractivity contribution in [3.8, 4) is 0 Å². The van der Waals surface area contributed by atoms with Crippen molar-refractivity contribution >= 4 is 11.4 Å². The largest absolute Gasteiger partial charge is 0.466 e. The molecule has 0 saturated carbocycles. The Kier molecular flexibility index (Phi) is 28.3. The van der Waals surface area contributed by atoms with Gasteiger partial charge in [-0.3, -0.25) is 20.2 Å². The number of furan rings is 1. The van der Waals surface area contributed by atoms with Crippen molar-refractivity contribution in [2.45, 2.75) is 128 Å². The summed E-state index contributed by atoms with van der Waals surface area (Å²) in [5, 5.41) is 20.6. The number of hydrogen-bond acceptors (Lipinski definition) is 6. The van der Waals surface area contributed by atoms with Crippen molar-refractivity contribution in [1.82, 2.24) is 0 Å². The molecule has 3 aromatic rings. The van der Waals surface area contributed by atoms with E-state index in [4.69, 9.17) is 9.15 Å². The number of ether oxygens (including phenoxy) is 1. The van der Waals surface area contributed by atoms with Crippen LogP contribution < -0.4 is 0 Å². The van der Waals surface area contributed by atoms with Crippen molar-refractivity contribution in [2.75, 3.05) is 7.11 Å². The molecule has 0 bridgehead atoms. The average molecular weight is 645 g/mol. The van der Waals surface area contributed by atoms with Crippen molar-refractivity contribution in [2.24, 2.45) is 11.8 Å². The number of hydrogen-bond donors (Lipinski definition) is 0. The number of aryl methyl sites for hydroxylation is 1. The summed E-state index contributed by atoms with van der Waals surface area (Å²) in [5.74, 6) is 4.43. The van der Waals surface area contributed by atoms with Gasteiger partial charge < -0.3 is 9.15 Å². The molecular formula is C38H64N2O6. The molecule has 0 aliphatic carbocycles. The Hall–Kier alpha value is -3.52. The maximum atomic E-state index is 10.3. The molecule has 1 heterocycles. The van der Waals surface area contributed by atoms with Gasteiger partial charge in [-0.15, -0.1) is 0 Å². The van der Waals surface area contributed by atoms with Gasteiger partial charge in [-0.25, -0.2) is 0 Å². The molecule has 3 rings (SSSR count). The number of nitro benzene ring substituents is 2. The van der Waals surface area contributed by atoms with Gasteiger partial charge in [0.15, 0.2) is 0 Å². The normalized spacial score (nSPS) is 9.91. The van der Waals surface area contributed by atoms with Gasteiger partial charge in [0.25, 0.3) is 11.4 Å². The van der Waals surface area contributed by atoms with Crippen molar-refractivity contribution in [3.05, 3.63) is 104 Å². The fraction of sp³-hybridized carbons (Fsp3) is 0.579. The van der Waals surface area contributed by atoms with E-state index in [1.54, 1.807) is 31.4 Å². The molecule has 2 aromatic carbocycles. The Morgan fingerprint density at radius 3 is 1.26 bits per heavy atom. The standard InChI is InChI=1S/C10H13NO2.C9H11NO2.C8H12O.C4H10O.C4H10.C3H8/c1-8(2)7-9-3-5-10(6-4-9)11(12)13;1-7(2)8-3-5-9(6-4-8)10(11)12;1-6(2)8-5-4-7(3)9-8;1-4(2)5-3;1-4(2)3;1-3-2/h3-6,8H,7H2,1-2H3;3-7H,1-2H3;4-6H,1-3H3;4H,1-3H3;4H,1-3H3;3H2,1-2H3. The predicted molar refractivity (Wildman–Crippen MR) is 195 cm³/mol. The van der Waals surface area contributed by atoms with Gasteiger partial charge in [0.1, 0.15) is 11.5 Å². The van der Waals surface area contributed by atoms with Gasteiger partial charge >= 0.3 is 0 Å². The quantitative estimate of drug-likeness (QED) is 0.187. The lowest BCUT2D eigenvalue weighted by atomic mass is 10.0. The Morgan fingerprint density at radius 2 is 1.04 bits per heavy atom. The zero-order valence-corrected chi connectivity index (χ0v) is 31.4. The van der Waals surface area contributed by atoms with E-state index >= 15 is 0 Å². The van der Waals surface area contributed by atoms with Crippen LogP contribution >= 0.6 is 0 Å².